The quantitative estimate of drug-likeness (QED) is 0.0328. The number of hydrogen-bond acceptors (Lipinski definition) is 12. The van der Waals surface area contributed by atoms with Gasteiger partial charge in [0.15, 0.2) is 0 Å². The molecule has 0 bridgehead atoms. The molecule has 12 heteroatoms. The third kappa shape index (κ3) is 53.7. The first kappa shape index (κ1) is 73.7. The van der Waals surface area contributed by atoms with Gasteiger partial charge in [0.1, 0.15) is 0 Å². The number of rotatable bonds is 61. The van der Waals surface area contributed by atoms with E-state index in [9.17, 15) is 19.2 Å². The molecule has 0 amide bonds. The molecule has 0 aromatic heterocycles. The van der Waals surface area contributed by atoms with E-state index in [1.807, 2.05) is 0 Å². The lowest BCUT2D eigenvalue weighted by molar-refractivity contribution is -0.145. The Labute approximate surface area is 470 Å². The Morgan fingerprint density at radius 3 is 0.763 bits per heavy atom. The van der Waals surface area contributed by atoms with Gasteiger partial charge in [0, 0.05) is 65.4 Å². The molecule has 0 aliphatic heterocycles. The predicted molar refractivity (Wildman–Crippen MR) is 319 cm³/mol. The van der Waals surface area contributed by atoms with Gasteiger partial charge in [-0.3, -0.25) is 19.2 Å². The largest absolute Gasteiger partial charge is 0.469 e. The summed E-state index contributed by atoms with van der Waals surface area (Å²) in [6, 6.07) is 0. The van der Waals surface area contributed by atoms with Crippen LogP contribution in [0.2, 0.25) is 0 Å². The van der Waals surface area contributed by atoms with Crippen molar-refractivity contribution in [2.24, 2.45) is 0 Å². The summed E-state index contributed by atoms with van der Waals surface area (Å²) < 4.78 is 22.0. The average molecular weight is 1080 g/mol. The van der Waals surface area contributed by atoms with Gasteiger partial charge in [0.05, 0.1) is 52.6 Å². The van der Waals surface area contributed by atoms with Gasteiger partial charge in [0.2, 0.25) is 0 Å². The molecule has 12 nitrogen and oxygen atoms in total. The first-order valence-electron chi connectivity index (χ1n) is 32.6. The minimum Gasteiger partial charge on any atom is -0.469 e. The highest BCUT2D eigenvalue weighted by Gasteiger charge is 2.17. The maximum Gasteiger partial charge on any atom is 0.307 e. The van der Waals surface area contributed by atoms with Crippen molar-refractivity contribution in [1.82, 2.24) is 19.6 Å². The highest BCUT2D eigenvalue weighted by atomic mass is 16.5. The van der Waals surface area contributed by atoms with Crippen LogP contribution in [-0.2, 0) is 38.1 Å². The van der Waals surface area contributed by atoms with Crippen molar-refractivity contribution in [1.29, 1.82) is 0 Å². The molecule has 0 saturated heterocycles. The molecule has 0 heterocycles. The third-order valence-electron chi connectivity index (χ3n) is 15.2. The topological polar surface area (TPSA) is 118 Å². The molecule has 0 aromatic carbocycles. The summed E-state index contributed by atoms with van der Waals surface area (Å²) in [5, 5.41) is 0. The van der Waals surface area contributed by atoms with Crippen molar-refractivity contribution in [2.75, 3.05) is 106 Å². The van der Waals surface area contributed by atoms with Crippen molar-refractivity contribution in [3.8, 4) is 0 Å². The Balaban J connectivity index is 5.13. The van der Waals surface area contributed by atoms with E-state index >= 15 is 0 Å². The summed E-state index contributed by atoms with van der Waals surface area (Å²) >= 11 is 0. The van der Waals surface area contributed by atoms with E-state index in [1.165, 1.54) is 187 Å². The standard InChI is InChI=1S/C64H126N4O8/c1-7-11-15-18-21-24-27-30-33-36-40-58-74-62(70)44-49-67(50-45-63(71)75-59-41-37-34-31-28-25-22-19-16-12-8-2)55-53-65(5)52-54-66(47-39-14-10-4)56-57-68(48-43-61(69)73-6)51-46-64(72)76-60-42-38-35-32-29-26-23-20-17-13-9-3/h7-60H2,1-6H3. The van der Waals surface area contributed by atoms with Crippen molar-refractivity contribution in [2.45, 2.75) is 285 Å². The van der Waals surface area contributed by atoms with E-state index in [-0.39, 0.29) is 30.3 Å². The van der Waals surface area contributed by atoms with Crippen molar-refractivity contribution in [3.05, 3.63) is 0 Å². The van der Waals surface area contributed by atoms with E-state index in [2.05, 4.69) is 54.3 Å². The Bertz CT molecular complexity index is 1230. The third-order valence-corrected chi connectivity index (χ3v) is 15.2. The van der Waals surface area contributed by atoms with E-state index in [0.29, 0.717) is 65.3 Å². The molecule has 0 saturated carbocycles. The molecule has 0 N–H and O–H groups in total. The zero-order valence-electron chi connectivity index (χ0n) is 51.2. The number of esters is 4. The highest BCUT2D eigenvalue weighted by Crippen LogP contribution is 2.15. The molecule has 0 fully saturated rings. The monoisotopic (exact) mass is 1080 g/mol. The lowest BCUT2D eigenvalue weighted by atomic mass is 10.1. The van der Waals surface area contributed by atoms with Crippen LogP contribution in [0, 0.1) is 0 Å². The predicted octanol–water partition coefficient (Wildman–Crippen LogP) is 15.3. The number of likely N-dealkylation sites (N-methyl/N-ethyl adjacent to an activating group) is 1. The zero-order chi connectivity index (χ0) is 55.6. The Morgan fingerprint density at radius 2 is 0.487 bits per heavy atom. The van der Waals surface area contributed by atoms with E-state index in [4.69, 9.17) is 18.9 Å². The van der Waals surface area contributed by atoms with Crippen molar-refractivity contribution < 1.29 is 38.1 Å². The first-order valence-corrected chi connectivity index (χ1v) is 32.6. The Hall–Kier alpha value is -2.28. The molecule has 0 aliphatic rings. The zero-order valence-corrected chi connectivity index (χ0v) is 51.2. The number of unbranched alkanes of at least 4 members (excludes halogenated alkanes) is 32. The summed E-state index contributed by atoms with van der Waals surface area (Å²) in [6.07, 6.45) is 46.2. The molecular formula is C64H126N4O8. The SMILES string of the molecule is CCCCCCCCCCCCCOC(=O)CCN(CCC(=O)OCCCCCCCCCCCCC)CCN(C)CCN(CCCCC)CCN(CCC(=O)OC)CCC(=O)OCCCCCCCCCCCCC. The van der Waals surface area contributed by atoms with Crippen LogP contribution in [0.25, 0.3) is 0 Å². The van der Waals surface area contributed by atoms with Gasteiger partial charge in [-0.05, 0) is 39.3 Å². The summed E-state index contributed by atoms with van der Waals surface area (Å²) in [5.41, 5.74) is 0. The number of hydrogen-bond donors (Lipinski definition) is 0. The smallest absolute Gasteiger partial charge is 0.307 e. The molecule has 0 rings (SSSR count). The lowest BCUT2D eigenvalue weighted by Crippen LogP contribution is -2.42. The second-order valence-electron chi connectivity index (χ2n) is 22.4. The molecule has 450 valence electrons. The molecule has 0 aliphatic carbocycles. The van der Waals surface area contributed by atoms with Crippen molar-refractivity contribution >= 4 is 23.9 Å². The van der Waals surface area contributed by atoms with Crippen LogP contribution < -0.4 is 0 Å². The Kier molecular flexibility index (Phi) is 57.1. The van der Waals surface area contributed by atoms with Crippen LogP contribution in [0.3, 0.4) is 0 Å². The van der Waals surface area contributed by atoms with Gasteiger partial charge in [-0.25, -0.2) is 0 Å². The molecule has 0 unspecified atom stereocenters. The second kappa shape index (κ2) is 58.9. The fourth-order valence-electron chi connectivity index (χ4n) is 9.78. The number of nitrogens with zero attached hydrogens (tertiary/aromatic N) is 4. The Morgan fingerprint density at radius 1 is 0.263 bits per heavy atom. The number of methoxy groups -OCH3 is 1. The van der Waals surface area contributed by atoms with Gasteiger partial charge < -0.3 is 38.5 Å². The van der Waals surface area contributed by atoms with Gasteiger partial charge in [0.25, 0.3) is 0 Å². The maximum atomic E-state index is 12.9. The maximum absolute atomic E-state index is 12.9. The molecule has 0 atom stereocenters. The van der Waals surface area contributed by atoms with Crippen LogP contribution >= 0.6 is 0 Å². The number of ether oxygens (including phenoxy) is 4. The molecular weight excluding hydrogens is 953 g/mol. The van der Waals surface area contributed by atoms with Crippen LogP contribution in [0.15, 0.2) is 0 Å². The van der Waals surface area contributed by atoms with Crippen LogP contribution in [0.4, 0.5) is 0 Å². The summed E-state index contributed by atoms with van der Waals surface area (Å²) in [5.74, 6) is -0.736. The average Bonchev–Trinajstić information content (AvgIpc) is 3.42. The van der Waals surface area contributed by atoms with Gasteiger partial charge >= 0.3 is 23.9 Å². The van der Waals surface area contributed by atoms with E-state index < -0.39 is 0 Å². The van der Waals surface area contributed by atoms with Crippen molar-refractivity contribution in [3.63, 3.8) is 0 Å². The molecule has 0 aromatic rings. The molecule has 76 heavy (non-hydrogen) atoms. The molecule has 0 radical (unpaired) electrons. The van der Waals surface area contributed by atoms with E-state index in [1.54, 1.807) is 0 Å². The fourth-order valence-corrected chi connectivity index (χ4v) is 9.78. The van der Waals surface area contributed by atoms with E-state index in [0.717, 1.165) is 97.2 Å². The molecule has 0 spiro atoms. The summed E-state index contributed by atoms with van der Waals surface area (Å²) in [7, 11) is 3.57. The highest BCUT2D eigenvalue weighted by molar-refractivity contribution is 5.70. The summed E-state index contributed by atoms with van der Waals surface area (Å²) in [4.78, 5) is 60.1. The lowest BCUT2D eigenvalue weighted by Gasteiger charge is -2.30. The van der Waals surface area contributed by atoms with Gasteiger partial charge in [-0.15, -0.1) is 0 Å². The number of carbonyl (C=O) groups is 4. The van der Waals surface area contributed by atoms with Crippen LogP contribution in [0.5, 0.6) is 0 Å². The van der Waals surface area contributed by atoms with Crippen LogP contribution in [0.1, 0.15) is 285 Å². The minimum atomic E-state index is -0.243. The summed E-state index contributed by atoms with van der Waals surface area (Å²) in [6.45, 7) is 18.5. The first-order chi connectivity index (χ1) is 37.2. The second-order valence-corrected chi connectivity index (χ2v) is 22.4. The normalized spacial score (nSPS) is 11.7. The van der Waals surface area contributed by atoms with Gasteiger partial charge in [-0.2, -0.15) is 0 Å². The fraction of sp³-hybridized carbons (Fsp3) is 0.938. The van der Waals surface area contributed by atoms with Gasteiger partial charge in [-0.1, -0.05) is 233 Å². The number of carbonyl (C=O) groups excluding carboxylic acids is 4. The minimum absolute atomic E-state index is 0.163. The van der Waals surface area contributed by atoms with Crippen LogP contribution in [-0.4, -0.2) is 149 Å².